The Bertz CT molecular complexity index is 784. The summed E-state index contributed by atoms with van der Waals surface area (Å²) in [5.41, 5.74) is -1.30. The molecule has 0 saturated heterocycles. The maximum atomic E-state index is 12.8. The summed E-state index contributed by atoms with van der Waals surface area (Å²) in [5, 5.41) is 26.2. The van der Waals surface area contributed by atoms with Gasteiger partial charge in [-0.05, 0) is 18.8 Å². The molecule has 11 heteroatoms. The number of nitrogens with one attached hydrogen (secondary N) is 1. The smallest absolute Gasteiger partial charge is 0.266 e. The molecule has 0 radical (unpaired) electrons. The summed E-state index contributed by atoms with van der Waals surface area (Å²) in [6.07, 6.45) is 0.406. The molecule has 1 fully saturated rings. The Morgan fingerprint density at radius 1 is 1.16 bits per heavy atom. The number of hydrogen-bond donors (Lipinski definition) is 1. The lowest BCUT2D eigenvalue weighted by atomic mass is 9.74. The van der Waals surface area contributed by atoms with E-state index < -0.39 is 38.6 Å². The van der Waals surface area contributed by atoms with E-state index in [0.29, 0.717) is 18.1 Å². The number of fused-ring (bicyclic) bond motifs is 1. The first-order valence-corrected chi connectivity index (χ1v) is 7.21. The lowest BCUT2D eigenvalue weighted by Crippen LogP contribution is -2.33. The Hall–Kier alpha value is -2.98. The number of nitro benzene ring substituents is 2. The molecule has 2 atom stereocenters. The molecule has 2 aliphatic carbocycles. The molecular weight excluding hydrogens is 345 g/mol. The molecule has 0 aromatic heterocycles. The van der Waals surface area contributed by atoms with Crippen LogP contribution in [-0.4, -0.2) is 15.6 Å². The third kappa shape index (κ3) is 3.04. The van der Waals surface area contributed by atoms with Crippen molar-refractivity contribution in [1.82, 2.24) is 0 Å². The fourth-order valence-electron chi connectivity index (χ4n) is 2.97. The second-order valence-electron chi connectivity index (χ2n) is 5.75. The topological polar surface area (TPSA) is 111 Å². The van der Waals surface area contributed by atoms with Gasteiger partial charge in [-0.3, -0.25) is 25.7 Å². The average Bonchev–Trinajstić information content (AvgIpc) is 2.86. The normalized spacial score (nSPS) is 23.2. The van der Waals surface area contributed by atoms with Gasteiger partial charge in [-0.15, -0.1) is 0 Å². The highest BCUT2D eigenvalue weighted by Gasteiger charge is 2.40. The summed E-state index contributed by atoms with van der Waals surface area (Å²) in [6, 6.07) is 0.520. The Morgan fingerprint density at radius 3 is 2.24 bits per heavy atom. The third-order valence-electron chi connectivity index (χ3n) is 4.29. The van der Waals surface area contributed by atoms with Crippen molar-refractivity contribution in [1.29, 1.82) is 0 Å². The van der Waals surface area contributed by atoms with E-state index in [2.05, 4.69) is 10.5 Å². The highest BCUT2D eigenvalue weighted by molar-refractivity contribution is 5.95. The van der Waals surface area contributed by atoms with Crippen LogP contribution in [-0.2, 0) is 6.18 Å². The zero-order valence-corrected chi connectivity index (χ0v) is 12.5. The largest absolute Gasteiger partial charge is 0.416 e. The summed E-state index contributed by atoms with van der Waals surface area (Å²) >= 11 is 0. The number of halogens is 3. The first-order chi connectivity index (χ1) is 11.7. The molecule has 0 unspecified atom stereocenters. The summed E-state index contributed by atoms with van der Waals surface area (Å²) in [7, 11) is 0. The van der Waals surface area contributed by atoms with Crippen LogP contribution >= 0.6 is 0 Å². The molecular formula is C14H11F3N4O4. The summed E-state index contributed by atoms with van der Waals surface area (Å²) < 4.78 is 38.5. The zero-order valence-electron chi connectivity index (χ0n) is 12.5. The van der Waals surface area contributed by atoms with Crippen molar-refractivity contribution in [3.8, 4) is 0 Å². The van der Waals surface area contributed by atoms with Gasteiger partial charge in [0.2, 0.25) is 5.69 Å². The highest BCUT2D eigenvalue weighted by Crippen LogP contribution is 2.43. The lowest BCUT2D eigenvalue weighted by molar-refractivity contribution is -0.392. The lowest BCUT2D eigenvalue weighted by Gasteiger charge is -2.31. The molecule has 0 heterocycles. The predicted molar refractivity (Wildman–Crippen MR) is 81.2 cm³/mol. The van der Waals surface area contributed by atoms with E-state index in [1.54, 1.807) is 0 Å². The van der Waals surface area contributed by atoms with Gasteiger partial charge in [-0.25, -0.2) is 0 Å². The molecule has 1 saturated carbocycles. The minimum absolute atomic E-state index is 0.139. The zero-order chi connectivity index (χ0) is 18.4. The molecule has 25 heavy (non-hydrogen) atoms. The van der Waals surface area contributed by atoms with Gasteiger partial charge in [0.25, 0.3) is 0 Å². The van der Waals surface area contributed by atoms with Gasteiger partial charge in [-0.2, -0.15) is 18.3 Å². The number of alkyl halides is 3. The first-order valence-electron chi connectivity index (χ1n) is 7.21. The number of nitro groups is 2. The quantitative estimate of drug-likeness (QED) is 0.500. The van der Waals surface area contributed by atoms with Crippen LogP contribution < -0.4 is 5.43 Å². The summed E-state index contributed by atoms with van der Waals surface area (Å²) in [6.45, 7) is 0. The number of allylic oxidation sites excluding steroid dienone is 2. The summed E-state index contributed by atoms with van der Waals surface area (Å²) in [5.74, 6) is 0.471. The van der Waals surface area contributed by atoms with Crippen molar-refractivity contribution in [3.63, 3.8) is 0 Å². The Balaban J connectivity index is 2.00. The molecule has 3 rings (SSSR count). The van der Waals surface area contributed by atoms with E-state index in [1.165, 1.54) is 0 Å². The first kappa shape index (κ1) is 16.9. The number of benzene rings is 1. The van der Waals surface area contributed by atoms with Crippen molar-refractivity contribution in [2.45, 2.75) is 19.0 Å². The minimum atomic E-state index is -4.95. The summed E-state index contributed by atoms with van der Waals surface area (Å²) in [4.78, 5) is 20.0. The van der Waals surface area contributed by atoms with Crippen LogP contribution in [0.15, 0.2) is 29.4 Å². The SMILES string of the molecule is O=[N+]([O-])c1cc(C(F)(F)F)cc([N+](=O)[O-])c1N/N=C1/C[C@@H]2C=CC[C@H]12. The molecule has 0 bridgehead atoms. The molecule has 2 aliphatic rings. The number of nitrogens with zero attached hydrogens (tertiary/aromatic N) is 3. The van der Waals surface area contributed by atoms with Crippen molar-refractivity contribution in [2.75, 3.05) is 5.43 Å². The van der Waals surface area contributed by atoms with Gasteiger partial charge >= 0.3 is 17.6 Å². The maximum absolute atomic E-state index is 12.8. The Labute approximate surface area is 138 Å². The van der Waals surface area contributed by atoms with Crippen LogP contribution in [0.25, 0.3) is 0 Å². The number of anilines is 1. The number of hydrogen-bond acceptors (Lipinski definition) is 6. The van der Waals surface area contributed by atoms with Crippen molar-refractivity contribution in [2.24, 2.45) is 16.9 Å². The van der Waals surface area contributed by atoms with Crippen LogP contribution in [0.2, 0.25) is 0 Å². The van der Waals surface area contributed by atoms with Crippen molar-refractivity contribution >= 4 is 22.8 Å². The molecule has 1 aromatic rings. The standard InChI is InChI=1S/C14H11F3N4O4/c15-14(16,17)8-5-11(20(22)23)13(12(6-8)21(24)25)19-18-10-4-7-2-1-3-9(7)10/h1-2,5-7,9,19H,3-4H2/b18-10-/t7-,9-/m0/s1. The van der Waals surface area contributed by atoms with Crippen LogP contribution in [0.1, 0.15) is 18.4 Å². The molecule has 0 aliphatic heterocycles. The van der Waals surface area contributed by atoms with E-state index in [1.807, 2.05) is 12.2 Å². The van der Waals surface area contributed by atoms with E-state index in [0.717, 1.165) is 6.42 Å². The van der Waals surface area contributed by atoms with Gasteiger partial charge < -0.3 is 0 Å². The minimum Gasteiger partial charge on any atom is -0.266 e. The predicted octanol–water partition coefficient (Wildman–Crippen LogP) is 3.89. The van der Waals surface area contributed by atoms with Crippen LogP contribution in [0, 0.1) is 32.1 Å². The van der Waals surface area contributed by atoms with Crippen molar-refractivity contribution in [3.05, 3.63) is 50.1 Å². The number of rotatable bonds is 4. The van der Waals surface area contributed by atoms with Gasteiger partial charge in [0, 0.05) is 23.8 Å². The van der Waals surface area contributed by atoms with E-state index in [9.17, 15) is 33.4 Å². The van der Waals surface area contributed by atoms with Gasteiger partial charge in [0.15, 0.2) is 0 Å². The fraction of sp³-hybridized carbons (Fsp3) is 0.357. The Kier molecular flexibility index (Phi) is 3.93. The monoisotopic (exact) mass is 356 g/mol. The van der Waals surface area contributed by atoms with Crippen molar-refractivity contribution < 1.29 is 23.0 Å². The molecule has 1 N–H and O–H groups in total. The fourth-order valence-corrected chi connectivity index (χ4v) is 2.97. The molecule has 0 amide bonds. The van der Waals surface area contributed by atoms with Gasteiger partial charge in [-0.1, -0.05) is 12.2 Å². The second-order valence-corrected chi connectivity index (χ2v) is 5.75. The average molecular weight is 356 g/mol. The molecule has 8 nitrogen and oxygen atoms in total. The molecule has 0 spiro atoms. The van der Waals surface area contributed by atoms with Crippen LogP contribution in [0.4, 0.5) is 30.2 Å². The van der Waals surface area contributed by atoms with E-state index in [4.69, 9.17) is 0 Å². The third-order valence-corrected chi connectivity index (χ3v) is 4.29. The molecule has 132 valence electrons. The molecule has 1 aromatic carbocycles. The highest BCUT2D eigenvalue weighted by atomic mass is 19.4. The van der Waals surface area contributed by atoms with Gasteiger partial charge in [0.1, 0.15) is 0 Å². The van der Waals surface area contributed by atoms with E-state index >= 15 is 0 Å². The van der Waals surface area contributed by atoms with Crippen LogP contribution in [0.3, 0.4) is 0 Å². The van der Waals surface area contributed by atoms with Gasteiger partial charge in [0.05, 0.1) is 15.4 Å². The maximum Gasteiger partial charge on any atom is 0.416 e. The Morgan fingerprint density at radius 2 is 1.76 bits per heavy atom. The van der Waals surface area contributed by atoms with E-state index in [-0.39, 0.29) is 18.1 Å². The van der Waals surface area contributed by atoms with Crippen LogP contribution in [0.5, 0.6) is 0 Å². The number of hydrazone groups is 1. The second kappa shape index (κ2) is 5.83.